The van der Waals surface area contributed by atoms with E-state index in [1.807, 2.05) is 0 Å². The van der Waals surface area contributed by atoms with E-state index in [-0.39, 0.29) is 17.7 Å². The van der Waals surface area contributed by atoms with Crippen molar-refractivity contribution in [2.24, 2.45) is 5.92 Å². The third-order valence-corrected chi connectivity index (χ3v) is 3.32. The van der Waals surface area contributed by atoms with Crippen LogP contribution in [0.2, 0.25) is 0 Å². The summed E-state index contributed by atoms with van der Waals surface area (Å²) in [7, 11) is 0. The fourth-order valence-corrected chi connectivity index (χ4v) is 2.11. The van der Waals surface area contributed by atoms with Gasteiger partial charge in [0, 0.05) is 19.0 Å². The lowest BCUT2D eigenvalue weighted by Crippen LogP contribution is -2.40. The Bertz CT molecular complexity index is 488. The molecule has 1 fully saturated rings. The molecule has 2 rings (SSSR count). The molecular formula is C12H17N5O2. The molecular weight excluding hydrogens is 246 g/mol. The fraction of sp³-hybridized carbons (Fsp3) is 0.500. The minimum Gasteiger partial charge on any atom is -0.339 e. The lowest BCUT2D eigenvalue weighted by atomic mass is 9.96. The van der Waals surface area contributed by atoms with Crippen LogP contribution in [0.25, 0.3) is 0 Å². The highest BCUT2D eigenvalue weighted by Crippen LogP contribution is 2.19. The van der Waals surface area contributed by atoms with Gasteiger partial charge in [-0.3, -0.25) is 9.59 Å². The van der Waals surface area contributed by atoms with Crippen molar-refractivity contribution < 1.29 is 9.59 Å². The number of likely N-dealkylation sites (tertiary alicyclic amines) is 1. The molecule has 0 atom stereocenters. The number of aromatic nitrogens is 3. The summed E-state index contributed by atoms with van der Waals surface area (Å²) in [6.07, 6.45) is 2.61. The van der Waals surface area contributed by atoms with E-state index in [0.29, 0.717) is 37.4 Å². The highest BCUT2D eigenvalue weighted by atomic mass is 16.2. The summed E-state index contributed by atoms with van der Waals surface area (Å²) < 4.78 is 0. The second-order valence-electron chi connectivity index (χ2n) is 4.55. The third kappa shape index (κ3) is 2.98. The molecule has 1 aliphatic heterocycles. The third-order valence-electron chi connectivity index (χ3n) is 3.32. The molecule has 1 aromatic rings. The molecule has 19 heavy (non-hydrogen) atoms. The molecule has 0 aromatic carbocycles. The average Bonchev–Trinajstić information content (AvgIpc) is 2.83. The zero-order valence-electron chi connectivity index (χ0n) is 10.8. The van der Waals surface area contributed by atoms with E-state index >= 15 is 0 Å². The van der Waals surface area contributed by atoms with Crippen LogP contribution in [0, 0.1) is 12.8 Å². The van der Waals surface area contributed by atoms with E-state index in [4.69, 9.17) is 0 Å². The van der Waals surface area contributed by atoms with Crippen molar-refractivity contribution in [3.8, 4) is 0 Å². The minimum atomic E-state index is -0.0926. The van der Waals surface area contributed by atoms with Crippen LogP contribution in [-0.4, -0.2) is 45.2 Å². The Balaban J connectivity index is 1.88. The Hall–Kier alpha value is -2.18. The molecule has 0 saturated carbocycles. The lowest BCUT2D eigenvalue weighted by molar-refractivity contribution is -0.130. The first-order chi connectivity index (χ1) is 9.11. The van der Waals surface area contributed by atoms with Crippen molar-refractivity contribution in [3.63, 3.8) is 0 Å². The number of amides is 2. The predicted molar refractivity (Wildman–Crippen MR) is 69.3 cm³/mol. The number of aryl methyl sites for hydroxylation is 1. The maximum Gasteiger partial charge on any atom is 0.245 e. The van der Waals surface area contributed by atoms with Gasteiger partial charge in [0.1, 0.15) is 5.69 Å². The van der Waals surface area contributed by atoms with E-state index in [9.17, 15) is 9.59 Å². The summed E-state index contributed by atoms with van der Waals surface area (Å²) >= 11 is 0. The largest absolute Gasteiger partial charge is 0.339 e. The van der Waals surface area contributed by atoms with Gasteiger partial charge in [0.25, 0.3) is 0 Å². The Morgan fingerprint density at radius 3 is 2.63 bits per heavy atom. The fourth-order valence-electron chi connectivity index (χ4n) is 2.11. The van der Waals surface area contributed by atoms with Crippen LogP contribution < -0.4 is 5.32 Å². The quantitative estimate of drug-likeness (QED) is 0.776. The van der Waals surface area contributed by atoms with Gasteiger partial charge in [-0.2, -0.15) is 10.3 Å². The first-order valence-corrected chi connectivity index (χ1v) is 6.21. The zero-order chi connectivity index (χ0) is 13.8. The number of nitrogens with zero attached hydrogens (tertiary/aromatic N) is 3. The van der Waals surface area contributed by atoms with Gasteiger partial charge in [-0.15, -0.1) is 5.10 Å². The number of carbonyl (C=O) groups is 2. The number of anilines is 1. The maximum atomic E-state index is 12.0. The van der Waals surface area contributed by atoms with Crippen molar-refractivity contribution in [2.75, 3.05) is 18.4 Å². The van der Waals surface area contributed by atoms with Crippen LogP contribution in [0.4, 0.5) is 5.82 Å². The van der Waals surface area contributed by atoms with Crippen LogP contribution in [-0.2, 0) is 9.59 Å². The van der Waals surface area contributed by atoms with Gasteiger partial charge in [0.05, 0.1) is 0 Å². The molecule has 0 unspecified atom stereocenters. The summed E-state index contributed by atoms with van der Waals surface area (Å²) in [5, 5.41) is 12.9. The average molecular weight is 263 g/mol. The van der Waals surface area contributed by atoms with Gasteiger partial charge in [-0.05, 0) is 25.8 Å². The molecule has 1 aliphatic rings. The SMILES string of the molecule is C=CC(=O)N1CCC(C(=O)Nc2n[nH]nc2C)CC1. The highest BCUT2D eigenvalue weighted by molar-refractivity contribution is 5.92. The molecule has 0 bridgehead atoms. The molecule has 2 amide bonds. The second kappa shape index (κ2) is 5.64. The van der Waals surface area contributed by atoms with Crippen molar-refractivity contribution in [1.29, 1.82) is 0 Å². The van der Waals surface area contributed by atoms with Crippen LogP contribution in [0.5, 0.6) is 0 Å². The monoisotopic (exact) mass is 263 g/mol. The lowest BCUT2D eigenvalue weighted by Gasteiger charge is -2.30. The normalized spacial score (nSPS) is 16.2. The van der Waals surface area contributed by atoms with E-state index in [0.717, 1.165) is 0 Å². The number of nitrogens with one attached hydrogen (secondary N) is 2. The van der Waals surface area contributed by atoms with Crippen molar-refractivity contribution in [1.82, 2.24) is 20.3 Å². The molecule has 1 aromatic heterocycles. The molecule has 0 spiro atoms. The van der Waals surface area contributed by atoms with Crippen LogP contribution >= 0.6 is 0 Å². The number of carbonyl (C=O) groups excluding carboxylic acids is 2. The number of rotatable bonds is 3. The van der Waals surface area contributed by atoms with Gasteiger partial charge >= 0.3 is 0 Å². The smallest absolute Gasteiger partial charge is 0.245 e. The number of H-pyrrole nitrogens is 1. The van der Waals surface area contributed by atoms with E-state index in [1.54, 1.807) is 11.8 Å². The van der Waals surface area contributed by atoms with Crippen LogP contribution in [0.1, 0.15) is 18.5 Å². The number of hydrogen-bond acceptors (Lipinski definition) is 4. The van der Waals surface area contributed by atoms with E-state index in [1.165, 1.54) is 6.08 Å². The molecule has 102 valence electrons. The van der Waals surface area contributed by atoms with Gasteiger partial charge < -0.3 is 10.2 Å². The zero-order valence-corrected chi connectivity index (χ0v) is 10.8. The Kier molecular flexibility index (Phi) is 3.94. The number of hydrogen-bond donors (Lipinski definition) is 2. The van der Waals surface area contributed by atoms with E-state index < -0.39 is 0 Å². The molecule has 2 heterocycles. The van der Waals surface area contributed by atoms with Gasteiger partial charge in [-0.25, -0.2) is 0 Å². The summed E-state index contributed by atoms with van der Waals surface area (Å²) in [4.78, 5) is 25.2. The van der Waals surface area contributed by atoms with Crippen molar-refractivity contribution in [2.45, 2.75) is 19.8 Å². The molecule has 2 N–H and O–H groups in total. The van der Waals surface area contributed by atoms with Crippen molar-refractivity contribution >= 4 is 17.6 Å². The van der Waals surface area contributed by atoms with Crippen LogP contribution in [0.15, 0.2) is 12.7 Å². The van der Waals surface area contributed by atoms with Gasteiger partial charge in [-0.1, -0.05) is 6.58 Å². The minimum absolute atomic E-state index is 0.0669. The summed E-state index contributed by atoms with van der Waals surface area (Å²) in [5.74, 6) is 0.230. The Morgan fingerprint density at radius 1 is 1.42 bits per heavy atom. The Labute approximate surface area is 111 Å². The second-order valence-corrected chi connectivity index (χ2v) is 4.55. The van der Waals surface area contributed by atoms with Gasteiger partial charge in [0.15, 0.2) is 5.82 Å². The first-order valence-electron chi connectivity index (χ1n) is 6.21. The maximum absolute atomic E-state index is 12.0. The number of piperidine rings is 1. The topological polar surface area (TPSA) is 91.0 Å². The predicted octanol–water partition coefficient (Wildman–Crippen LogP) is 0.476. The highest BCUT2D eigenvalue weighted by Gasteiger charge is 2.27. The summed E-state index contributed by atoms with van der Waals surface area (Å²) in [6, 6.07) is 0. The molecule has 7 heteroatoms. The molecule has 1 saturated heterocycles. The van der Waals surface area contributed by atoms with Gasteiger partial charge in [0.2, 0.25) is 11.8 Å². The summed E-state index contributed by atoms with van der Waals surface area (Å²) in [6.45, 7) is 6.40. The Morgan fingerprint density at radius 2 is 2.11 bits per heavy atom. The number of aromatic amines is 1. The summed E-state index contributed by atoms with van der Waals surface area (Å²) in [5.41, 5.74) is 0.660. The van der Waals surface area contributed by atoms with Crippen molar-refractivity contribution in [3.05, 3.63) is 18.3 Å². The molecule has 7 nitrogen and oxygen atoms in total. The first kappa shape index (κ1) is 13.3. The van der Waals surface area contributed by atoms with E-state index in [2.05, 4.69) is 27.3 Å². The molecule has 0 aliphatic carbocycles. The van der Waals surface area contributed by atoms with Crippen LogP contribution in [0.3, 0.4) is 0 Å². The molecule has 0 radical (unpaired) electrons. The standard InChI is InChI=1S/C12H17N5O2/c1-3-10(18)17-6-4-9(5-7-17)12(19)13-11-8(2)14-16-15-11/h3,9H,1,4-7H2,2H3,(H2,13,14,15,16,19).